The molecule has 3 N–H and O–H groups in total. The van der Waals surface area contributed by atoms with Crippen molar-refractivity contribution >= 4 is 23.1 Å². The summed E-state index contributed by atoms with van der Waals surface area (Å²) in [4.78, 5) is 38.8. The number of aromatic amines is 1. The van der Waals surface area contributed by atoms with Crippen LogP contribution in [-0.2, 0) is 32.0 Å². The summed E-state index contributed by atoms with van der Waals surface area (Å²) in [6.45, 7) is 0.0200. The van der Waals surface area contributed by atoms with E-state index in [1.807, 2.05) is 30.3 Å². The molecule has 9 heteroatoms. The number of fused-ring (bicyclic) bond motifs is 1. The van der Waals surface area contributed by atoms with Crippen molar-refractivity contribution in [2.24, 2.45) is 14.1 Å². The monoisotopic (exact) mass is 344 g/mol. The van der Waals surface area contributed by atoms with E-state index in [2.05, 4.69) is 10.3 Å². The smallest absolute Gasteiger partial charge is 0.358 e. The highest BCUT2D eigenvalue weighted by atomic mass is 16.4. The summed E-state index contributed by atoms with van der Waals surface area (Å²) >= 11 is 0. The molecule has 0 atom stereocenters. The lowest BCUT2D eigenvalue weighted by atomic mass is 10.2. The van der Waals surface area contributed by atoms with Crippen LogP contribution in [0.15, 0.2) is 39.9 Å². The van der Waals surface area contributed by atoms with Crippen LogP contribution in [0.25, 0.3) is 11.2 Å². The van der Waals surface area contributed by atoms with Crippen molar-refractivity contribution in [3.63, 3.8) is 0 Å². The van der Waals surface area contributed by atoms with Crippen LogP contribution < -0.4 is 21.1 Å². The molecule has 0 spiro atoms. The lowest BCUT2D eigenvalue weighted by Gasteiger charge is -2.03. The Morgan fingerprint density at radius 2 is 1.88 bits per heavy atom. The van der Waals surface area contributed by atoms with Gasteiger partial charge in [0.15, 0.2) is 6.54 Å². The van der Waals surface area contributed by atoms with E-state index in [9.17, 15) is 19.5 Å². The number of aromatic nitrogens is 4. The predicted molar refractivity (Wildman–Crippen MR) is 90.4 cm³/mol. The van der Waals surface area contributed by atoms with Gasteiger partial charge in [-0.3, -0.25) is 19.2 Å². The number of hydrogen-bond donors (Lipinski definition) is 3. The molecular weight excluding hydrogens is 326 g/mol. The van der Waals surface area contributed by atoms with E-state index in [1.54, 1.807) is 0 Å². The van der Waals surface area contributed by atoms with Crippen LogP contribution in [0.3, 0.4) is 0 Å². The molecule has 0 aliphatic carbocycles. The highest BCUT2D eigenvalue weighted by molar-refractivity contribution is 5.70. The fourth-order valence-corrected chi connectivity index (χ4v) is 2.72. The van der Waals surface area contributed by atoms with Crippen molar-refractivity contribution in [1.29, 1.82) is 0 Å². The number of carbonyl (C=O) groups is 1. The molecule has 0 saturated heterocycles. The molecular formula is C16H18N5O4+. The molecule has 0 fully saturated rings. The molecule has 2 heterocycles. The number of aliphatic carboxylic acids is 1. The third-order valence-corrected chi connectivity index (χ3v) is 4.01. The highest BCUT2D eigenvalue weighted by Gasteiger charge is 2.25. The first-order valence-electron chi connectivity index (χ1n) is 7.61. The first-order valence-corrected chi connectivity index (χ1v) is 7.61. The number of imidazole rings is 1. The van der Waals surface area contributed by atoms with Crippen molar-refractivity contribution < 1.29 is 14.5 Å². The maximum Gasteiger partial charge on any atom is 0.358 e. The zero-order valence-electron chi connectivity index (χ0n) is 13.8. The van der Waals surface area contributed by atoms with Gasteiger partial charge in [0.2, 0.25) is 11.2 Å². The summed E-state index contributed by atoms with van der Waals surface area (Å²) in [6.07, 6.45) is 0. The van der Waals surface area contributed by atoms with Crippen molar-refractivity contribution in [2.45, 2.75) is 13.1 Å². The van der Waals surface area contributed by atoms with Gasteiger partial charge in [-0.15, -0.1) is 0 Å². The van der Waals surface area contributed by atoms with Gasteiger partial charge >= 0.3 is 17.6 Å². The lowest BCUT2D eigenvalue weighted by molar-refractivity contribution is -0.646. The number of aryl methyl sites for hydroxylation is 1. The zero-order chi connectivity index (χ0) is 18.1. The van der Waals surface area contributed by atoms with Gasteiger partial charge < -0.3 is 5.11 Å². The minimum Gasteiger partial charge on any atom is -0.479 e. The van der Waals surface area contributed by atoms with Crippen LogP contribution in [0, 0.1) is 0 Å². The Balaban J connectivity index is 2.15. The van der Waals surface area contributed by atoms with E-state index in [0.717, 1.165) is 10.1 Å². The molecule has 0 bridgehead atoms. The number of rotatable bonds is 5. The second-order valence-corrected chi connectivity index (χ2v) is 5.70. The van der Waals surface area contributed by atoms with Crippen LogP contribution >= 0.6 is 0 Å². The Bertz CT molecular complexity index is 1060. The predicted octanol–water partition coefficient (Wildman–Crippen LogP) is -0.450. The maximum absolute atomic E-state index is 12.5. The third-order valence-electron chi connectivity index (χ3n) is 4.01. The van der Waals surface area contributed by atoms with Crippen molar-refractivity contribution in [2.75, 3.05) is 5.32 Å². The lowest BCUT2D eigenvalue weighted by Crippen LogP contribution is -2.46. The van der Waals surface area contributed by atoms with Crippen LogP contribution in [-0.4, -0.2) is 25.2 Å². The molecule has 130 valence electrons. The summed E-state index contributed by atoms with van der Waals surface area (Å²) in [6, 6.07) is 9.54. The van der Waals surface area contributed by atoms with Gasteiger partial charge in [-0.25, -0.2) is 19.1 Å². The van der Waals surface area contributed by atoms with Crippen molar-refractivity contribution in [3.05, 3.63) is 56.7 Å². The van der Waals surface area contributed by atoms with Crippen LogP contribution in [0.4, 0.5) is 5.95 Å². The van der Waals surface area contributed by atoms with E-state index in [-0.39, 0.29) is 11.2 Å². The quantitative estimate of drug-likeness (QED) is 0.543. The maximum atomic E-state index is 12.5. The van der Waals surface area contributed by atoms with Gasteiger partial charge in [-0.1, -0.05) is 30.3 Å². The number of carboxylic acids is 1. The number of anilines is 1. The topological polar surface area (TPSA) is 113 Å². The molecule has 2 aromatic heterocycles. The molecule has 3 rings (SSSR count). The molecule has 1 aromatic carbocycles. The number of benzene rings is 1. The summed E-state index contributed by atoms with van der Waals surface area (Å²) in [5, 5.41) is 12.3. The third kappa shape index (κ3) is 2.91. The fraction of sp³-hybridized carbons (Fsp3) is 0.250. The fourth-order valence-electron chi connectivity index (χ4n) is 2.72. The summed E-state index contributed by atoms with van der Waals surface area (Å²) in [5.41, 5.74) is 0.344. The standard InChI is InChI=1S/C16H17N5O4/c1-19-13-12(14(24)20(2)16(19)25)21(9-11(22)23)15(18-13)17-8-10-6-4-3-5-7-10/h3-7H,8-9H2,1-2H3,(H2,17,18,22,23,24)/p+1. The summed E-state index contributed by atoms with van der Waals surface area (Å²) in [7, 11) is 2.88. The molecule has 25 heavy (non-hydrogen) atoms. The Labute approximate surface area is 141 Å². The Morgan fingerprint density at radius 1 is 1.20 bits per heavy atom. The van der Waals surface area contributed by atoms with Gasteiger partial charge in [0.05, 0.1) is 6.54 Å². The SMILES string of the molecule is Cn1c(=O)c2c([nH]c(NCc3ccccc3)[n+]2CC(=O)O)n(C)c1=O. The highest BCUT2D eigenvalue weighted by Crippen LogP contribution is 2.09. The number of nitrogens with zero attached hydrogens (tertiary/aromatic N) is 3. The minimum absolute atomic E-state index is 0.127. The number of H-pyrrole nitrogens is 1. The van der Waals surface area contributed by atoms with E-state index in [4.69, 9.17) is 0 Å². The second kappa shape index (κ2) is 6.27. The minimum atomic E-state index is -1.09. The number of carboxylic acid groups (broad SMARTS) is 1. The van der Waals surface area contributed by atoms with E-state index >= 15 is 0 Å². The number of hydrogen-bond acceptors (Lipinski definition) is 4. The average Bonchev–Trinajstić information content (AvgIpc) is 2.95. The zero-order valence-corrected chi connectivity index (χ0v) is 13.8. The molecule has 0 amide bonds. The van der Waals surface area contributed by atoms with E-state index in [0.29, 0.717) is 12.5 Å². The first-order chi connectivity index (χ1) is 11.9. The second-order valence-electron chi connectivity index (χ2n) is 5.70. The Hall–Kier alpha value is -3.36. The van der Waals surface area contributed by atoms with Crippen molar-refractivity contribution in [3.8, 4) is 0 Å². The Morgan fingerprint density at radius 3 is 2.52 bits per heavy atom. The molecule has 0 aliphatic rings. The molecule has 0 radical (unpaired) electrons. The van der Waals surface area contributed by atoms with Crippen molar-refractivity contribution in [1.82, 2.24) is 14.1 Å². The molecule has 0 saturated carbocycles. The van der Waals surface area contributed by atoms with Gasteiger partial charge in [-0.05, 0) is 5.56 Å². The Kier molecular flexibility index (Phi) is 4.14. The van der Waals surface area contributed by atoms with E-state index in [1.165, 1.54) is 23.2 Å². The van der Waals surface area contributed by atoms with Crippen LogP contribution in [0.1, 0.15) is 5.56 Å². The number of nitrogens with one attached hydrogen (secondary N) is 2. The molecule has 0 aliphatic heterocycles. The summed E-state index contributed by atoms with van der Waals surface area (Å²) in [5.74, 6) is -0.746. The molecule has 0 unspecified atom stereocenters. The normalized spacial score (nSPS) is 11.0. The van der Waals surface area contributed by atoms with Crippen LogP contribution in [0.5, 0.6) is 0 Å². The van der Waals surface area contributed by atoms with Gasteiger partial charge in [-0.2, -0.15) is 0 Å². The van der Waals surface area contributed by atoms with Gasteiger partial charge in [0.1, 0.15) is 0 Å². The van der Waals surface area contributed by atoms with Gasteiger partial charge in [0, 0.05) is 14.1 Å². The van der Waals surface area contributed by atoms with Gasteiger partial charge in [0.25, 0.3) is 5.56 Å². The largest absolute Gasteiger partial charge is 0.479 e. The average molecular weight is 344 g/mol. The molecule has 9 nitrogen and oxygen atoms in total. The first kappa shape index (κ1) is 16.5. The summed E-state index contributed by atoms with van der Waals surface area (Å²) < 4.78 is 3.57. The molecule has 3 aromatic rings. The van der Waals surface area contributed by atoms with E-state index < -0.39 is 23.8 Å². The van der Waals surface area contributed by atoms with Crippen LogP contribution in [0.2, 0.25) is 0 Å².